The molecule has 0 spiro atoms. The van der Waals surface area contributed by atoms with Crippen molar-refractivity contribution in [1.82, 2.24) is 30.1 Å². The Bertz CT molecular complexity index is 1680. The smallest absolute Gasteiger partial charge is 0.256 e. The maximum absolute atomic E-state index is 15.0. The monoisotopic (exact) mass is 591 g/mol. The second-order valence-corrected chi connectivity index (χ2v) is 9.90. The molecular weight excluding hydrogens is 556 g/mol. The lowest BCUT2D eigenvalue weighted by atomic mass is 9.99. The first kappa shape index (κ1) is 31.2. The van der Waals surface area contributed by atoms with Crippen LogP contribution in [0, 0.1) is 18.6 Å². The molecule has 0 aliphatic carbocycles. The molecule has 2 heterocycles. The molecule has 0 atom stereocenters. The van der Waals surface area contributed by atoms with Crippen LogP contribution in [0.4, 0.5) is 14.7 Å². The lowest BCUT2D eigenvalue weighted by Crippen LogP contribution is -2.35. The van der Waals surface area contributed by atoms with E-state index in [4.69, 9.17) is 4.98 Å². The number of halogens is 2. The van der Waals surface area contributed by atoms with Gasteiger partial charge in [-0.25, -0.2) is 13.8 Å². The number of nitrogens with one attached hydrogen (secondary N) is 3. The Morgan fingerprint density at radius 3 is 2.40 bits per heavy atom. The predicted molar refractivity (Wildman–Crippen MR) is 163 cm³/mol. The van der Waals surface area contributed by atoms with Crippen LogP contribution in [-0.4, -0.2) is 71.0 Å². The highest BCUT2D eigenvalue weighted by Crippen LogP contribution is 2.31. The number of hydrogen-bond donors (Lipinski definition) is 3. The molecule has 0 saturated carbocycles. The van der Waals surface area contributed by atoms with Crippen molar-refractivity contribution in [2.75, 3.05) is 45.1 Å². The number of para-hydroxylation sites is 1. The number of carbonyl (C=O) groups is 2. The number of pyridine rings is 1. The predicted octanol–water partition coefficient (Wildman–Crippen LogP) is 3.65. The third kappa shape index (κ3) is 7.03. The fourth-order valence-corrected chi connectivity index (χ4v) is 4.73. The maximum Gasteiger partial charge on any atom is 0.256 e. The summed E-state index contributed by atoms with van der Waals surface area (Å²) in [5, 5.41) is 8.57. The molecule has 10 nitrogen and oxygen atoms in total. The van der Waals surface area contributed by atoms with Crippen LogP contribution in [0.1, 0.15) is 36.2 Å². The van der Waals surface area contributed by atoms with E-state index < -0.39 is 28.8 Å². The van der Waals surface area contributed by atoms with Gasteiger partial charge in [0.1, 0.15) is 17.3 Å². The summed E-state index contributed by atoms with van der Waals surface area (Å²) < 4.78 is 30.9. The molecule has 0 unspecified atom stereocenters. The van der Waals surface area contributed by atoms with E-state index in [0.717, 1.165) is 48.3 Å². The molecule has 4 aromatic rings. The van der Waals surface area contributed by atoms with E-state index in [1.807, 2.05) is 6.92 Å². The van der Waals surface area contributed by atoms with Crippen LogP contribution >= 0.6 is 0 Å². The van der Waals surface area contributed by atoms with Gasteiger partial charge in [0.2, 0.25) is 11.9 Å². The van der Waals surface area contributed by atoms with Crippen LogP contribution in [-0.2, 0) is 4.79 Å². The van der Waals surface area contributed by atoms with E-state index >= 15 is 0 Å². The van der Waals surface area contributed by atoms with Gasteiger partial charge in [0.15, 0.2) is 5.65 Å². The van der Waals surface area contributed by atoms with E-state index in [9.17, 15) is 23.2 Å². The second-order valence-electron chi connectivity index (χ2n) is 9.90. The van der Waals surface area contributed by atoms with Crippen molar-refractivity contribution in [3.8, 4) is 16.9 Å². The summed E-state index contributed by atoms with van der Waals surface area (Å²) in [5.41, 5.74) is 0.720. The van der Waals surface area contributed by atoms with Crippen LogP contribution in [0.25, 0.3) is 28.0 Å². The average Bonchev–Trinajstić information content (AvgIpc) is 3.00. The molecule has 2 aromatic heterocycles. The third-order valence-corrected chi connectivity index (χ3v) is 7.18. The molecule has 4 rings (SSSR count). The quantitative estimate of drug-likeness (QED) is 0.215. The molecule has 0 aliphatic rings. The van der Waals surface area contributed by atoms with Gasteiger partial charge in [0.05, 0.1) is 12.2 Å². The number of likely N-dealkylation sites (N-methyl/N-ethyl adjacent to an activating group) is 1. The second kappa shape index (κ2) is 14.0. The summed E-state index contributed by atoms with van der Waals surface area (Å²) in [7, 11) is 1.47. The van der Waals surface area contributed by atoms with Crippen LogP contribution in [0.15, 0.2) is 53.3 Å². The Hall–Kier alpha value is -4.71. The molecule has 12 heteroatoms. The number of nitrogens with zero attached hydrogens (tertiary/aromatic N) is 4. The molecule has 0 saturated heterocycles. The first-order valence-electron chi connectivity index (χ1n) is 14.1. The number of anilines is 1. The van der Waals surface area contributed by atoms with E-state index in [1.54, 1.807) is 18.2 Å². The topological polar surface area (TPSA) is 121 Å². The number of rotatable bonds is 12. The number of fused-ring (bicyclic) bond motifs is 1. The van der Waals surface area contributed by atoms with Gasteiger partial charge in [-0.1, -0.05) is 26.0 Å². The standard InChI is InChI=1S/C31H35F2N7O3/c1-5-39(6-2)16-8-15-35-31-37-27(22-17-20(12-11-19(22)3)30(43)36-18-25(41)34-4)21-13-14-26(42)40(29(21)38-31)28-23(32)9-7-10-24(28)33/h7,9-14,17H,5-6,8,15-16,18H2,1-4H3,(H,34,41)(H,36,43)(H,35,37,38). The molecule has 0 fully saturated rings. The van der Waals surface area contributed by atoms with Gasteiger partial charge >= 0.3 is 0 Å². The minimum Gasteiger partial charge on any atom is -0.358 e. The Kier molecular flexibility index (Phi) is 10.1. The number of benzene rings is 2. The highest BCUT2D eigenvalue weighted by atomic mass is 19.1. The van der Waals surface area contributed by atoms with Gasteiger partial charge in [-0.3, -0.25) is 19.0 Å². The summed E-state index contributed by atoms with van der Waals surface area (Å²) in [6.45, 7) is 9.00. The van der Waals surface area contributed by atoms with E-state index in [0.29, 0.717) is 23.2 Å². The van der Waals surface area contributed by atoms with Crippen molar-refractivity contribution in [3.63, 3.8) is 0 Å². The zero-order valence-corrected chi connectivity index (χ0v) is 24.6. The van der Waals surface area contributed by atoms with Gasteiger partial charge in [0.25, 0.3) is 11.5 Å². The lowest BCUT2D eigenvalue weighted by molar-refractivity contribution is -0.119. The zero-order chi connectivity index (χ0) is 31.1. The zero-order valence-electron chi connectivity index (χ0n) is 24.6. The van der Waals surface area contributed by atoms with E-state index in [1.165, 1.54) is 25.2 Å². The molecule has 43 heavy (non-hydrogen) atoms. The number of amides is 2. The minimum atomic E-state index is -0.922. The Labute approximate surface area is 248 Å². The van der Waals surface area contributed by atoms with Crippen molar-refractivity contribution < 1.29 is 18.4 Å². The van der Waals surface area contributed by atoms with Crippen molar-refractivity contribution in [2.24, 2.45) is 0 Å². The van der Waals surface area contributed by atoms with Crippen LogP contribution < -0.4 is 21.5 Å². The summed E-state index contributed by atoms with van der Waals surface area (Å²) in [6, 6.07) is 11.1. The van der Waals surface area contributed by atoms with Gasteiger partial charge < -0.3 is 20.9 Å². The SMILES string of the molecule is CCN(CC)CCCNc1nc(-c2cc(C(=O)NCC(=O)NC)ccc2C)c2ccc(=O)n(-c3c(F)cccc3F)c2n1. The fraction of sp³-hybridized carbons (Fsp3) is 0.323. The molecule has 2 aromatic carbocycles. The summed E-state index contributed by atoms with van der Waals surface area (Å²) in [5.74, 6) is -2.50. The van der Waals surface area contributed by atoms with Gasteiger partial charge in [-0.15, -0.1) is 0 Å². The number of carbonyl (C=O) groups excluding carboxylic acids is 2. The van der Waals surface area contributed by atoms with Crippen molar-refractivity contribution in [2.45, 2.75) is 27.2 Å². The van der Waals surface area contributed by atoms with Gasteiger partial charge in [-0.05, 0) is 68.9 Å². The Morgan fingerprint density at radius 2 is 1.72 bits per heavy atom. The Balaban J connectivity index is 1.88. The first-order valence-corrected chi connectivity index (χ1v) is 14.1. The number of aromatic nitrogens is 3. The Morgan fingerprint density at radius 1 is 1.00 bits per heavy atom. The number of hydrogen-bond acceptors (Lipinski definition) is 7. The molecule has 0 radical (unpaired) electrons. The molecule has 0 bridgehead atoms. The van der Waals surface area contributed by atoms with E-state index in [2.05, 4.69) is 39.7 Å². The largest absolute Gasteiger partial charge is 0.358 e. The average molecular weight is 592 g/mol. The van der Waals surface area contributed by atoms with Crippen LogP contribution in [0.2, 0.25) is 0 Å². The molecule has 3 N–H and O–H groups in total. The lowest BCUT2D eigenvalue weighted by Gasteiger charge is -2.18. The van der Waals surface area contributed by atoms with Crippen molar-refractivity contribution in [3.05, 3.63) is 81.6 Å². The van der Waals surface area contributed by atoms with Crippen LogP contribution in [0.5, 0.6) is 0 Å². The first-order chi connectivity index (χ1) is 20.7. The van der Waals surface area contributed by atoms with Crippen LogP contribution in [0.3, 0.4) is 0 Å². The van der Waals surface area contributed by atoms with Crippen molar-refractivity contribution in [1.29, 1.82) is 0 Å². The maximum atomic E-state index is 15.0. The fourth-order valence-electron chi connectivity index (χ4n) is 4.73. The van der Waals surface area contributed by atoms with Crippen molar-refractivity contribution >= 4 is 28.8 Å². The van der Waals surface area contributed by atoms with Gasteiger partial charge in [0, 0.05) is 36.2 Å². The number of aryl methyl sites for hydroxylation is 1. The molecule has 226 valence electrons. The summed E-state index contributed by atoms with van der Waals surface area (Å²) in [6.07, 6.45) is 0.780. The highest BCUT2D eigenvalue weighted by molar-refractivity contribution is 5.99. The third-order valence-electron chi connectivity index (χ3n) is 7.18. The normalized spacial score (nSPS) is 11.1. The highest BCUT2D eigenvalue weighted by Gasteiger charge is 2.21. The van der Waals surface area contributed by atoms with Gasteiger partial charge in [-0.2, -0.15) is 4.98 Å². The molecular formula is C31H35F2N7O3. The summed E-state index contributed by atoms with van der Waals surface area (Å²) >= 11 is 0. The molecule has 0 aliphatic heterocycles. The van der Waals surface area contributed by atoms with E-state index in [-0.39, 0.29) is 29.6 Å². The minimum absolute atomic E-state index is 0.00149. The molecule has 2 amide bonds. The summed E-state index contributed by atoms with van der Waals surface area (Å²) in [4.78, 5) is 49.2.